The van der Waals surface area contributed by atoms with E-state index in [-0.39, 0.29) is 6.61 Å². The van der Waals surface area contributed by atoms with Gasteiger partial charge in [-0.2, -0.15) is 0 Å². The van der Waals surface area contributed by atoms with Crippen molar-refractivity contribution < 1.29 is 24.5 Å². The highest BCUT2D eigenvalue weighted by Gasteiger charge is 2.39. The van der Waals surface area contributed by atoms with Crippen LogP contribution in [0.2, 0.25) is 0 Å². The average molecular weight is 176 g/mol. The van der Waals surface area contributed by atoms with Gasteiger partial charge in [0.1, 0.15) is 6.10 Å². The zero-order valence-corrected chi connectivity index (χ0v) is 6.98. The number of aliphatic hydroxyl groups is 1. The van der Waals surface area contributed by atoms with Crippen LogP contribution in [-0.4, -0.2) is 40.8 Å². The molecule has 5 nitrogen and oxygen atoms in total. The van der Waals surface area contributed by atoms with E-state index in [1.165, 1.54) is 0 Å². The van der Waals surface area contributed by atoms with Gasteiger partial charge in [0.05, 0.1) is 6.61 Å². The summed E-state index contributed by atoms with van der Waals surface area (Å²) in [7, 11) is 0. The zero-order valence-electron chi connectivity index (χ0n) is 6.98. The van der Waals surface area contributed by atoms with Crippen LogP contribution < -0.4 is 0 Å². The maximum Gasteiger partial charge on any atom is 0.335 e. The minimum absolute atomic E-state index is 0.112. The predicted octanol–water partition coefficient (Wildman–Crippen LogP) is -0.417. The van der Waals surface area contributed by atoms with Crippen LogP contribution in [-0.2, 0) is 14.3 Å². The van der Waals surface area contributed by atoms with Gasteiger partial charge in [0, 0.05) is 0 Å². The Bertz CT molecular complexity index is 188. The molecule has 70 valence electrons. The van der Waals surface area contributed by atoms with Gasteiger partial charge in [0.15, 0.2) is 11.9 Å². The minimum Gasteiger partial charge on any atom is -0.479 e. The molecule has 1 rings (SSSR count). The third-order valence-electron chi connectivity index (χ3n) is 1.64. The fourth-order valence-electron chi connectivity index (χ4n) is 1.03. The second-order valence-electron chi connectivity index (χ2n) is 3.15. The molecule has 2 N–H and O–H groups in total. The van der Waals surface area contributed by atoms with Crippen molar-refractivity contribution >= 4 is 5.97 Å². The fraction of sp³-hybridized carbons (Fsp3) is 0.857. The van der Waals surface area contributed by atoms with E-state index < -0.39 is 24.0 Å². The Balaban J connectivity index is 2.52. The van der Waals surface area contributed by atoms with Gasteiger partial charge in [-0.15, -0.1) is 0 Å². The lowest BCUT2D eigenvalue weighted by Crippen LogP contribution is -2.36. The summed E-state index contributed by atoms with van der Waals surface area (Å²) in [4.78, 5) is 10.3. The third-order valence-corrected chi connectivity index (χ3v) is 1.64. The standard InChI is InChI=1S/C7H12O5/c1-7(2)11-3-4(12-7)5(8)6(9)10/h4-5,8H,3H2,1-2H3,(H,9,10)/t4-,5?/m0/s1. The Hall–Kier alpha value is -0.650. The normalized spacial score (nSPS) is 30.1. The highest BCUT2D eigenvalue weighted by atomic mass is 16.7. The first-order chi connectivity index (χ1) is 5.42. The highest BCUT2D eigenvalue weighted by molar-refractivity contribution is 5.72. The summed E-state index contributed by atoms with van der Waals surface area (Å²) in [6.07, 6.45) is -2.27. The number of aliphatic hydroxyl groups excluding tert-OH is 1. The first kappa shape index (κ1) is 9.44. The summed E-state index contributed by atoms with van der Waals surface area (Å²) in [6.45, 7) is 3.45. The highest BCUT2D eigenvalue weighted by Crippen LogP contribution is 2.24. The van der Waals surface area contributed by atoms with Crippen LogP contribution in [0.3, 0.4) is 0 Å². The maximum absolute atomic E-state index is 10.3. The topological polar surface area (TPSA) is 76.0 Å². The van der Waals surface area contributed by atoms with Gasteiger partial charge in [-0.1, -0.05) is 0 Å². The largest absolute Gasteiger partial charge is 0.479 e. The Morgan fingerprint density at radius 1 is 1.67 bits per heavy atom. The smallest absolute Gasteiger partial charge is 0.335 e. The summed E-state index contributed by atoms with van der Waals surface area (Å²) >= 11 is 0. The molecule has 0 saturated carbocycles. The Morgan fingerprint density at radius 3 is 2.58 bits per heavy atom. The summed E-state index contributed by atoms with van der Waals surface area (Å²) in [6, 6.07) is 0. The van der Waals surface area contributed by atoms with Crippen LogP contribution in [0.15, 0.2) is 0 Å². The first-order valence-corrected chi connectivity index (χ1v) is 3.65. The molecule has 0 aliphatic carbocycles. The molecule has 0 aromatic heterocycles. The maximum atomic E-state index is 10.3. The Labute approximate surface area is 69.9 Å². The molecule has 1 heterocycles. The summed E-state index contributed by atoms with van der Waals surface area (Å²) in [5.41, 5.74) is 0. The van der Waals surface area contributed by atoms with Gasteiger partial charge in [0.25, 0.3) is 0 Å². The predicted molar refractivity (Wildman–Crippen MR) is 38.5 cm³/mol. The van der Waals surface area contributed by atoms with Gasteiger partial charge < -0.3 is 19.7 Å². The minimum atomic E-state index is -1.51. The van der Waals surface area contributed by atoms with Crippen molar-refractivity contribution in [1.29, 1.82) is 0 Å². The van der Waals surface area contributed by atoms with E-state index in [1.807, 2.05) is 0 Å². The molecule has 2 atom stereocenters. The number of aliphatic carboxylic acids is 1. The van der Waals surface area contributed by atoms with Gasteiger partial charge in [-0.25, -0.2) is 4.79 Å². The lowest BCUT2D eigenvalue weighted by Gasteiger charge is -2.18. The molecule has 0 aromatic carbocycles. The number of hydrogen-bond donors (Lipinski definition) is 2. The van der Waals surface area contributed by atoms with E-state index in [0.29, 0.717) is 0 Å². The molecule has 5 heteroatoms. The zero-order chi connectivity index (χ0) is 9.35. The second-order valence-corrected chi connectivity index (χ2v) is 3.15. The molecule has 0 amide bonds. The molecule has 0 bridgehead atoms. The van der Waals surface area contributed by atoms with E-state index in [1.54, 1.807) is 13.8 Å². The fourth-order valence-corrected chi connectivity index (χ4v) is 1.03. The third kappa shape index (κ3) is 1.94. The molecule has 0 aromatic rings. The molecule has 0 spiro atoms. The number of carbonyl (C=O) groups is 1. The number of carboxylic acid groups (broad SMARTS) is 1. The quantitative estimate of drug-likeness (QED) is 0.597. The van der Waals surface area contributed by atoms with Gasteiger partial charge in [0.2, 0.25) is 0 Å². The van der Waals surface area contributed by atoms with Crippen LogP contribution in [0.25, 0.3) is 0 Å². The van der Waals surface area contributed by atoms with E-state index in [2.05, 4.69) is 0 Å². The Morgan fingerprint density at radius 2 is 2.25 bits per heavy atom. The van der Waals surface area contributed by atoms with Crippen LogP contribution in [0, 0.1) is 0 Å². The molecule has 1 fully saturated rings. The first-order valence-electron chi connectivity index (χ1n) is 3.65. The van der Waals surface area contributed by atoms with Crippen molar-refractivity contribution in [2.75, 3.05) is 6.61 Å². The van der Waals surface area contributed by atoms with E-state index in [4.69, 9.17) is 19.7 Å². The van der Waals surface area contributed by atoms with E-state index >= 15 is 0 Å². The van der Waals surface area contributed by atoms with Crippen molar-refractivity contribution in [3.05, 3.63) is 0 Å². The molecular weight excluding hydrogens is 164 g/mol. The second kappa shape index (κ2) is 3.01. The summed E-state index contributed by atoms with van der Waals surface area (Å²) in [5, 5.41) is 17.5. The molecule has 1 aliphatic heterocycles. The van der Waals surface area contributed by atoms with Gasteiger partial charge >= 0.3 is 5.97 Å². The lowest BCUT2D eigenvalue weighted by atomic mass is 10.2. The molecule has 1 saturated heterocycles. The van der Waals surface area contributed by atoms with Gasteiger partial charge in [-0.05, 0) is 13.8 Å². The summed E-state index contributed by atoms with van der Waals surface area (Å²) in [5.74, 6) is -2.08. The van der Waals surface area contributed by atoms with Crippen molar-refractivity contribution in [2.45, 2.75) is 31.8 Å². The van der Waals surface area contributed by atoms with Crippen LogP contribution in [0.4, 0.5) is 0 Å². The average Bonchev–Trinajstić information content (AvgIpc) is 2.28. The molecule has 1 aliphatic rings. The molecular formula is C7H12O5. The Kier molecular flexibility index (Phi) is 2.36. The van der Waals surface area contributed by atoms with E-state index in [9.17, 15) is 4.79 Å². The van der Waals surface area contributed by atoms with Crippen LogP contribution in [0.5, 0.6) is 0 Å². The molecule has 1 unspecified atom stereocenters. The van der Waals surface area contributed by atoms with E-state index in [0.717, 1.165) is 0 Å². The van der Waals surface area contributed by atoms with Gasteiger partial charge in [-0.3, -0.25) is 0 Å². The molecule has 0 radical (unpaired) electrons. The van der Waals surface area contributed by atoms with Crippen molar-refractivity contribution in [3.63, 3.8) is 0 Å². The van der Waals surface area contributed by atoms with Crippen LogP contribution >= 0.6 is 0 Å². The number of rotatable bonds is 2. The van der Waals surface area contributed by atoms with Crippen molar-refractivity contribution in [1.82, 2.24) is 0 Å². The molecule has 12 heavy (non-hydrogen) atoms. The monoisotopic (exact) mass is 176 g/mol. The SMILES string of the molecule is CC1(C)OC[C@@H](C(O)C(=O)O)O1. The lowest BCUT2D eigenvalue weighted by molar-refractivity contribution is -0.168. The van der Waals surface area contributed by atoms with Crippen molar-refractivity contribution in [2.24, 2.45) is 0 Å². The number of ether oxygens (including phenoxy) is 2. The van der Waals surface area contributed by atoms with Crippen LogP contribution in [0.1, 0.15) is 13.8 Å². The van der Waals surface area contributed by atoms with Crippen molar-refractivity contribution in [3.8, 4) is 0 Å². The summed E-state index contributed by atoms with van der Waals surface area (Å²) < 4.78 is 10.2. The number of carboxylic acids is 1. The number of hydrogen-bond acceptors (Lipinski definition) is 4.